The molecular weight excluding hydrogens is 484 g/mol. The maximum absolute atomic E-state index is 13.0. The molecule has 2 aliphatic rings. The number of benzene rings is 2. The lowest BCUT2D eigenvalue weighted by atomic mass is 10.1. The summed E-state index contributed by atoms with van der Waals surface area (Å²) in [6.07, 6.45) is 0.919. The minimum atomic E-state index is -0.895. The number of urea groups is 1. The molecule has 0 bridgehead atoms. The van der Waals surface area contributed by atoms with Crippen molar-refractivity contribution in [1.29, 1.82) is 0 Å². The van der Waals surface area contributed by atoms with E-state index >= 15 is 0 Å². The third-order valence-corrected chi connectivity index (χ3v) is 7.16. The van der Waals surface area contributed by atoms with E-state index in [2.05, 4.69) is 10.6 Å². The zero-order valence-corrected chi connectivity index (χ0v) is 20.9. The number of carbonyl (C=O) groups is 4. The second-order valence-corrected chi connectivity index (χ2v) is 9.54. The molecule has 0 saturated heterocycles. The predicted octanol–water partition coefficient (Wildman–Crippen LogP) is 3.48. The number of ether oxygens (including phenoxy) is 1. The highest BCUT2D eigenvalue weighted by Crippen LogP contribution is 2.42. The Morgan fingerprint density at radius 2 is 2.03 bits per heavy atom. The zero-order valence-electron chi connectivity index (χ0n) is 20.1. The van der Waals surface area contributed by atoms with E-state index in [1.165, 1.54) is 0 Å². The lowest BCUT2D eigenvalue weighted by molar-refractivity contribution is -0.137. The van der Waals surface area contributed by atoms with Crippen molar-refractivity contribution in [2.75, 3.05) is 25.5 Å². The summed E-state index contributed by atoms with van der Waals surface area (Å²) in [6, 6.07) is 12.5. The Bertz CT molecular complexity index is 1160. The fraction of sp³-hybridized carbons (Fsp3) is 0.360. The number of aryl methyl sites for hydroxylation is 1. The van der Waals surface area contributed by atoms with Gasteiger partial charge in [0.1, 0.15) is 18.9 Å². The van der Waals surface area contributed by atoms with Crippen LogP contribution in [0, 0.1) is 0 Å². The molecule has 0 unspecified atom stereocenters. The number of carbonyl (C=O) groups excluding carboxylic acids is 4. The first kappa shape index (κ1) is 25.4. The molecular formula is C25H28N4O6S. The number of nitrogens with one attached hydrogen (secondary N) is 2. The van der Waals surface area contributed by atoms with Crippen LogP contribution in [0.2, 0.25) is 0 Å². The smallest absolute Gasteiger partial charge is 0.429 e. The van der Waals surface area contributed by atoms with Crippen LogP contribution in [0.4, 0.5) is 15.3 Å². The molecule has 2 aromatic rings. The zero-order chi connectivity index (χ0) is 25.7. The second-order valence-electron chi connectivity index (χ2n) is 8.61. The van der Waals surface area contributed by atoms with Gasteiger partial charge in [0.15, 0.2) is 0 Å². The van der Waals surface area contributed by atoms with Crippen molar-refractivity contribution in [3.63, 3.8) is 0 Å². The number of amides is 5. The Hall–Kier alpha value is -3.73. The molecule has 190 valence electrons. The van der Waals surface area contributed by atoms with Crippen LogP contribution in [0.15, 0.2) is 42.5 Å². The third kappa shape index (κ3) is 5.73. The molecule has 1 aliphatic heterocycles. The maximum Gasteiger partial charge on any atom is 0.429 e. The SMILES string of the molecule is CNC(=O)Nc1ccc2c(c1)CC[C@@H]2SOC(=O)N(C=O)CC(=O)N1Cc2ccccc2OC[C@H]1C. The summed E-state index contributed by atoms with van der Waals surface area (Å²) in [5.41, 5.74) is 3.59. The predicted molar refractivity (Wildman–Crippen MR) is 134 cm³/mol. The van der Waals surface area contributed by atoms with Crippen molar-refractivity contribution in [3.8, 4) is 5.75 Å². The van der Waals surface area contributed by atoms with E-state index in [-0.39, 0.29) is 23.2 Å². The average molecular weight is 513 g/mol. The van der Waals surface area contributed by atoms with E-state index in [9.17, 15) is 19.2 Å². The molecule has 4 rings (SSSR count). The second kappa shape index (κ2) is 11.3. The van der Waals surface area contributed by atoms with Crippen LogP contribution >= 0.6 is 12.0 Å². The number of hydrogen-bond acceptors (Lipinski definition) is 7. The van der Waals surface area contributed by atoms with Crippen molar-refractivity contribution in [3.05, 3.63) is 59.2 Å². The topological polar surface area (TPSA) is 117 Å². The molecule has 0 fully saturated rings. The van der Waals surface area contributed by atoms with Crippen LogP contribution in [0.5, 0.6) is 5.75 Å². The van der Waals surface area contributed by atoms with E-state index in [4.69, 9.17) is 8.92 Å². The highest BCUT2D eigenvalue weighted by Gasteiger charge is 2.30. The summed E-state index contributed by atoms with van der Waals surface area (Å²) < 4.78 is 11.1. The van der Waals surface area contributed by atoms with Gasteiger partial charge in [0, 0.05) is 24.8 Å². The van der Waals surface area contributed by atoms with Crippen molar-refractivity contribution in [2.45, 2.75) is 37.6 Å². The first-order valence-corrected chi connectivity index (χ1v) is 12.4. The fourth-order valence-electron chi connectivity index (χ4n) is 4.23. The van der Waals surface area contributed by atoms with Crippen molar-refractivity contribution >= 4 is 42.2 Å². The first-order chi connectivity index (χ1) is 17.4. The van der Waals surface area contributed by atoms with Crippen LogP contribution in [-0.2, 0) is 26.7 Å². The van der Waals surface area contributed by atoms with Gasteiger partial charge in [-0.1, -0.05) is 24.3 Å². The quantitative estimate of drug-likeness (QED) is 0.450. The number of imide groups is 1. The van der Waals surface area contributed by atoms with Crippen molar-refractivity contribution in [1.82, 2.24) is 15.1 Å². The minimum absolute atomic E-state index is 0.110. The van der Waals surface area contributed by atoms with E-state index in [0.29, 0.717) is 25.2 Å². The summed E-state index contributed by atoms with van der Waals surface area (Å²) in [4.78, 5) is 51.1. The van der Waals surface area contributed by atoms with Gasteiger partial charge < -0.3 is 24.5 Å². The summed E-state index contributed by atoms with van der Waals surface area (Å²) in [6.45, 7) is 2.06. The minimum Gasteiger partial charge on any atom is -0.491 e. The lowest BCUT2D eigenvalue weighted by Crippen LogP contribution is -2.46. The van der Waals surface area contributed by atoms with Crippen molar-refractivity contribution < 1.29 is 28.1 Å². The van der Waals surface area contributed by atoms with E-state index < -0.39 is 12.6 Å². The first-order valence-electron chi connectivity index (χ1n) is 11.6. The van der Waals surface area contributed by atoms with Crippen molar-refractivity contribution in [2.24, 2.45) is 0 Å². The molecule has 2 atom stereocenters. The third-order valence-electron chi connectivity index (χ3n) is 6.20. The highest BCUT2D eigenvalue weighted by atomic mass is 32.2. The Labute approximate surface area is 213 Å². The maximum atomic E-state index is 13.0. The van der Waals surface area contributed by atoms with Gasteiger partial charge in [0.25, 0.3) is 0 Å². The van der Waals surface area contributed by atoms with Gasteiger partial charge in [0.05, 0.1) is 23.3 Å². The number of rotatable bonds is 6. The van der Waals surface area contributed by atoms with Crippen LogP contribution in [0.1, 0.15) is 35.3 Å². The summed E-state index contributed by atoms with van der Waals surface area (Å²) in [5.74, 6) is 0.343. The van der Waals surface area contributed by atoms with E-state index in [0.717, 1.165) is 52.2 Å². The molecule has 1 heterocycles. The molecule has 0 aromatic heterocycles. The Balaban J connectivity index is 1.34. The van der Waals surface area contributed by atoms with Gasteiger partial charge >= 0.3 is 12.1 Å². The fourth-order valence-corrected chi connectivity index (χ4v) is 5.07. The Morgan fingerprint density at radius 1 is 1.22 bits per heavy atom. The average Bonchev–Trinajstić information content (AvgIpc) is 3.21. The molecule has 2 aromatic carbocycles. The molecule has 5 amide bonds. The summed E-state index contributed by atoms with van der Waals surface area (Å²) in [5, 5.41) is 5.13. The van der Waals surface area contributed by atoms with Gasteiger partial charge in [0.2, 0.25) is 12.3 Å². The number of fused-ring (bicyclic) bond motifs is 2. The number of anilines is 1. The van der Waals surface area contributed by atoms with Gasteiger partial charge in [-0.3, -0.25) is 9.59 Å². The lowest BCUT2D eigenvalue weighted by Gasteiger charge is -2.27. The van der Waals surface area contributed by atoms with Gasteiger partial charge in [-0.05, 0) is 49.1 Å². The molecule has 0 radical (unpaired) electrons. The number of nitrogens with zero attached hydrogens (tertiary/aromatic N) is 2. The molecule has 0 spiro atoms. The van der Waals surface area contributed by atoms with Crippen LogP contribution < -0.4 is 15.4 Å². The molecule has 36 heavy (non-hydrogen) atoms. The van der Waals surface area contributed by atoms with Crippen LogP contribution in [0.3, 0.4) is 0 Å². The molecule has 10 nitrogen and oxygen atoms in total. The van der Waals surface area contributed by atoms with Gasteiger partial charge in [-0.25, -0.2) is 14.5 Å². The molecule has 0 saturated carbocycles. The summed E-state index contributed by atoms with van der Waals surface area (Å²) in [7, 11) is 1.54. The molecule has 11 heteroatoms. The van der Waals surface area contributed by atoms with Gasteiger partial charge in [-0.15, -0.1) is 0 Å². The highest BCUT2D eigenvalue weighted by molar-refractivity contribution is 7.95. The van der Waals surface area contributed by atoms with Gasteiger partial charge in [-0.2, -0.15) is 0 Å². The van der Waals surface area contributed by atoms with E-state index in [1.54, 1.807) is 18.0 Å². The number of hydrogen-bond donors (Lipinski definition) is 2. The van der Waals surface area contributed by atoms with E-state index in [1.807, 2.05) is 43.3 Å². The summed E-state index contributed by atoms with van der Waals surface area (Å²) >= 11 is 0.965. The van der Waals surface area contributed by atoms with Crippen LogP contribution in [0.25, 0.3) is 0 Å². The Morgan fingerprint density at radius 3 is 2.81 bits per heavy atom. The molecule has 2 N–H and O–H groups in total. The van der Waals surface area contributed by atoms with Crippen LogP contribution in [-0.4, -0.2) is 60.5 Å². The Kier molecular flexibility index (Phi) is 7.99. The molecule has 1 aliphatic carbocycles. The number of para-hydroxylation sites is 1. The largest absolute Gasteiger partial charge is 0.491 e. The normalized spacial score (nSPS) is 18.1. The standard InChI is InChI=1S/C25H28N4O6S/c1-16-14-34-21-6-4-3-5-18(21)12-29(16)23(31)13-28(15-30)25(33)35-36-22-10-7-17-11-19(8-9-20(17)22)27-24(32)26-2/h3-6,8-9,11,15-16,22H,7,10,12-14H2,1-2H3,(H2,26,27,32)/t16-,22+/m1/s1. The monoisotopic (exact) mass is 512 g/mol.